The van der Waals surface area contributed by atoms with E-state index in [1.165, 1.54) is 0 Å². The summed E-state index contributed by atoms with van der Waals surface area (Å²) >= 11 is 11.6. The molecule has 1 aromatic carbocycles. The Morgan fingerprint density at radius 2 is 1.84 bits per heavy atom. The normalized spacial score (nSPS) is 21.1. The third-order valence-corrected chi connectivity index (χ3v) is 4.89. The van der Waals surface area contributed by atoms with E-state index in [1.54, 1.807) is 18.2 Å². The summed E-state index contributed by atoms with van der Waals surface area (Å²) in [5.74, 6) is 0.0949. The van der Waals surface area contributed by atoms with E-state index in [1.807, 2.05) is 0 Å². The summed E-state index contributed by atoms with van der Waals surface area (Å²) in [6.45, 7) is 0. The summed E-state index contributed by atoms with van der Waals surface area (Å²) in [6.07, 6.45) is 0.437. The molecule has 104 valence electrons. The van der Waals surface area contributed by atoms with Gasteiger partial charge in [-0.15, -0.1) is 0 Å². The molecule has 1 aliphatic heterocycles. The first kappa shape index (κ1) is 14.4. The smallest absolute Gasteiger partial charge is 0.319 e. The molecule has 5 nitrogen and oxygen atoms in total. The van der Waals surface area contributed by atoms with E-state index >= 15 is 0 Å². The van der Waals surface area contributed by atoms with Crippen LogP contribution in [0.4, 0.5) is 10.5 Å². The number of rotatable bonds is 2. The maximum absolute atomic E-state index is 11.7. The van der Waals surface area contributed by atoms with Gasteiger partial charge >= 0.3 is 6.03 Å². The molecule has 2 amide bonds. The Morgan fingerprint density at radius 3 is 2.37 bits per heavy atom. The second-order valence-corrected chi connectivity index (χ2v) is 7.46. The number of urea groups is 1. The van der Waals surface area contributed by atoms with Crippen molar-refractivity contribution in [3.63, 3.8) is 0 Å². The lowest BCUT2D eigenvalue weighted by molar-refractivity contribution is 0.249. The maximum Gasteiger partial charge on any atom is 0.319 e. The molecule has 8 heteroatoms. The van der Waals surface area contributed by atoms with Crippen LogP contribution < -0.4 is 10.6 Å². The molecule has 1 fully saturated rings. The van der Waals surface area contributed by atoms with Crippen molar-refractivity contribution in [2.75, 3.05) is 16.8 Å². The molecule has 0 spiro atoms. The highest BCUT2D eigenvalue weighted by molar-refractivity contribution is 7.91. The molecule has 1 unspecified atom stereocenters. The molecule has 0 aromatic heterocycles. The largest absolute Gasteiger partial charge is 0.334 e. The number of sulfone groups is 1. The standard InChI is InChI=1S/C11H12Cl2N2O3S/c12-7-3-8(13)5-10(4-7)15-11(16)14-9-1-2-19(17,18)6-9/h3-5,9H,1-2,6H2,(H2,14,15,16). The van der Waals surface area contributed by atoms with E-state index < -0.39 is 15.9 Å². The van der Waals surface area contributed by atoms with Crippen molar-refractivity contribution in [3.05, 3.63) is 28.2 Å². The number of halogens is 2. The van der Waals surface area contributed by atoms with Gasteiger partial charge in [-0.2, -0.15) is 0 Å². The SMILES string of the molecule is O=C(Nc1cc(Cl)cc(Cl)c1)NC1CCS(=O)(=O)C1. The summed E-state index contributed by atoms with van der Waals surface area (Å²) in [5, 5.41) is 5.99. The molecule has 0 saturated carbocycles. The molecule has 1 saturated heterocycles. The first-order valence-electron chi connectivity index (χ1n) is 5.58. The van der Waals surface area contributed by atoms with Crippen molar-refractivity contribution in [2.45, 2.75) is 12.5 Å². The van der Waals surface area contributed by atoms with Crippen LogP contribution in [0.1, 0.15) is 6.42 Å². The van der Waals surface area contributed by atoms with Crippen LogP contribution in [0.2, 0.25) is 10.0 Å². The van der Waals surface area contributed by atoms with E-state index in [0.29, 0.717) is 22.2 Å². The second-order valence-electron chi connectivity index (χ2n) is 4.36. The van der Waals surface area contributed by atoms with E-state index in [4.69, 9.17) is 23.2 Å². The average molecular weight is 323 g/mol. The lowest BCUT2D eigenvalue weighted by atomic mass is 10.3. The predicted molar refractivity (Wildman–Crippen MR) is 75.7 cm³/mol. The van der Waals surface area contributed by atoms with Crippen molar-refractivity contribution in [2.24, 2.45) is 0 Å². The van der Waals surface area contributed by atoms with Crippen LogP contribution >= 0.6 is 23.2 Å². The van der Waals surface area contributed by atoms with Crippen LogP contribution in [-0.2, 0) is 9.84 Å². The van der Waals surface area contributed by atoms with Crippen molar-refractivity contribution in [1.29, 1.82) is 0 Å². The van der Waals surface area contributed by atoms with Gasteiger partial charge in [-0.25, -0.2) is 13.2 Å². The topological polar surface area (TPSA) is 75.3 Å². The first-order chi connectivity index (χ1) is 8.84. The molecule has 1 heterocycles. The van der Waals surface area contributed by atoms with E-state index in [9.17, 15) is 13.2 Å². The molecule has 0 bridgehead atoms. The van der Waals surface area contributed by atoms with Gasteiger partial charge in [0.25, 0.3) is 0 Å². The summed E-state index contributed by atoms with van der Waals surface area (Å²) < 4.78 is 22.5. The number of amides is 2. The van der Waals surface area contributed by atoms with Crippen molar-refractivity contribution in [1.82, 2.24) is 5.32 Å². The predicted octanol–water partition coefficient (Wildman–Crippen LogP) is 2.30. The molecule has 2 rings (SSSR count). The zero-order valence-corrected chi connectivity index (χ0v) is 12.1. The Balaban J connectivity index is 1.95. The number of carbonyl (C=O) groups is 1. The number of anilines is 1. The van der Waals surface area contributed by atoms with E-state index in [2.05, 4.69) is 10.6 Å². The quantitative estimate of drug-likeness (QED) is 0.877. The minimum absolute atomic E-state index is 0.0171. The molecule has 1 aromatic rings. The van der Waals surface area contributed by atoms with Gasteiger partial charge in [-0.05, 0) is 24.6 Å². The summed E-state index contributed by atoms with van der Waals surface area (Å²) in [4.78, 5) is 11.7. The van der Waals surface area contributed by atoms with Crippen LogP contribution in [-0.4, -0.2) is 32.0 Å². The minimum atomic E-state index is -3.01. The van der Waals surface area contributed by atoms with Gasteiger partial charge < -0.3 is 10.6 Å². The zero-order chi connectivity index (χ0) is 14.0. The van der Waals surface area contributed by atoms with Gasteiger partial charge in [0.15, 0.2) is 9.84 Å². The molecule has 0 radical (unpaired) electrons. The molecule has 2 N–H and O–H groups in total. The van der Waals surface area contributed by atoms with Gasteiger partial charge in [-0.3, -0.25) is 0 Å². The maximum atomic E-state index is 11.7. The Kier molecular flexibility index (Phi) is 4.23. The highest BCUT2D eigenvalue weighted by Gasteiger charge is 2.28. The van der Waals surface area contributed by atoms with Crippen molar-refractivity contribution in [3.8, 4) is 0 Å². The fraction of sp³-hybridized carbons (Fsp3) is 0.364. The Morgan fingerprint density at radius 1 is 1.21 bits per heavy atom. The van der Waals surface area contributed by atoms with Crippen molar-refractivity contribution < 1.29 is 13.2 Å². The first-order valence-corrected chi connectivity index (χ1v) is 8.16. The van der Waals surface area contributed by atoms with E-state index in [-0.39, 0.29) is 17.5 Å². The third kappa shape index (κ3) is 4.26. The lowest BCUT2D eigenvalue weighted by Crippen LogP contribution is -2.38. The number of hydrogen-bond acceptors (Lipinski definition) is 3. The zero-order valence-electron chi connectivity index (χ0n) is 9.82. The molecule has 1 aliphatic rings. The second kappa shape index (κ2) is 5.56. The van der Waals surface area contributed by atoms with Crippen LogP contribution in [0.5, 0.6) is 0 Å². The van der Waals surface area contributed by atoms with Gasteiger partial charge in [-0.1, -0.05) is 23.2 Å². The van der Waals surface area contributed by atoms with Crippen LogP contribution in [0.25, 0.3) is 0 Å². The fourth-order valence-corrected chi connectivity index (χ4v) is 4.09. The van der Waals surface area contributed by atoms with Gasteiger partial charge in [0.2, 0.25) is 0 Å². The molecular weight excluding hydrogens is 311 g/mol. The van der Waals surface area contributed by atoms with Crippen LogP contribution in [0, 0.1) is 0 Å². The summed E-state index contributed by atoms with van der Waals surface area (Å²) in [5.41, 5.74) is 0.454. The van der Waals surface area contributed by atoms with Gasteiger partial charge in [0, 0.05) is 21.8 Å². The van der Waals surface area contributed by atoms with Crippen LogP contribution in [0.15, 0.2) is 18.2 Å². The number of hydrogen-bond donors (Lipinski definition) is 2. The highest BCUT2D eigenvalue weighted by atomic mass is 35.5. The lowest BCUT2D eigenvalue weighted by Gasteiger charge is -2.12. The van der Waals surface area contributed by atoms with Crippen molar-refractivity contribution >= 4 is 44.8 Å². The van der Waals surface area contributed by atoms with E-state index in [0.717, 1.165) is 0 Å². The Labute approximate surface area is 121 Å². The summed E-state index contributed by atoms with van der Waals surface area (Å²) in [6, 6.07) is 3.84. The Bertz CT molecular complexity index is 584. The summed E-state index contributed by atoms with van der Waals surface area (Å²) in [7, 11) is -3.01. The number of carbonyl (C=O) groups excluding carboxylic acids is 1. The molecule has 0 aliphatic carbocycles. The number of benzene rings is 1. The third-order valence-electron chi connectivity index (χ3n) is 2.69. The van der Waals surface area contributed by atoms with Crippen LogP contribution in [0.3, 0.4) is 0 Å². The number of nitrogens with one attached hydrogen (secondary N) is 2. The molecular formula is C11H12Cl2N2O3S. The van der Waals surface area contributed by atoms with Gasteiger partial charge in [0.1, 0.15) is 0 Å². The molecule has 19 heavy (non-hydrogen) atoms. The molecule has 1 atom stereocenters. The average Bonchev–Trinajstić information content (AvgIpc) is 2.55. The Hall–Kier alpha value is -0.980. The fourth-order valence-electron chi connectivity index (χ4n) is 1.89. The minimum Gasteiger partial charge on any atom is -0.334 e. The van der Waals surface area contributed by atoms with Gasteiger partial charge in [0.05, 0.1) is 11.5 Å². The monoisotopic (exact) mass is 322 g/mol. The highest BCUT2D eigenvalue weighted by Crippen LogP contribution is 2.22.